The first kappa shape index (κ1) is 28.4. The minimum absolute atomic E-state index is 0.000766. The number of guanidine groups is 1. The largest absolute Gasteiger partial charge is 0.506 e. The molecule has 3 rings (SSSR count). The molecule has 1 aliphatic rings. The fourth-order valence-corrected chi connectivity index (χ4v) is 4.49. The lowest BCUT2D eigenvalue weighted by Crippen LogP contribution is -2.39. The maximum Gasteiger partial charge on any atom is 0.305 e. The average Bonchev–Trinajstić information content (AvgIpc) is 3.00. The molecule has 8 N–H and O–H groups in total. The quantitative estimate of drug-likeness (QED) is 0.192. The van der Waals surface area contributed by atoms with Gasteiger partial charge in [0, 0.05) is 28.4 Å². The Morgan fingerprint density at radius 1 is 1.19 bits per heavy atom. The number of aromatic hydroxyl groups is 1. The van der Waals surface area contributed by atoms with E-state index in [2.05, 4.69) is 26.3 Å². The summed E-state index contributed by atoms with van der Waals surface area (Å²) in [4.78, 5) is 40.6. The van der Waals surface area contributed by atoms with Crippen molar-refractivity contribution in [2.75, 3.05) is 25.0 Å². The predicted molar refractivity (Wildman–Crippen MR) is 144 cm³/mol. The summed E-state index contributed by atoms with van der Waals surface area (Å²) < 4.78 is 0.393. The van der Waals surface area contributed by atoms with Crippen molar-refractivity contribution in [1.82, 2.24) is 16.0 Å². The number of benzene rings is 2. The Morgan fingerprint density at radius 2 is 1.95 bits per heavy atom. The number of aliphatic carboxylic acids is 1. The molecule has 198 valence electrons. The number of aliphatic imine (C=N–C) groups is 1. The number of carboxylic acid groups (broad SMARTS) is 1. The molecule has 0 saturated carbocycles. The third-order valence-corrected chi connectivity index (χ3v) is 6.34. The summed E-state index contributed by atoms with van der Waals surface area (Å²) in [5.41, 5.74) is 0.880. The third-order valence-electron chi connectivity index (χ3n) is 5.30. The first-order valence-corrected chi connectivity index (χ1v) is 12.5. The number of phenols is 1. The molecule has 2 unspecified atom stereocenters. The van der Waals surface area contributed by atoms with Crippen LogP contribution < -0.4 is 21.3 Å². The molecule has 2 aromatic carbocycles. The van der Waals surface area contributed by atoms with Gasteiger partial charge in [0.1, 0.15) is 11.9 Å². The maximum atomic E-state index is 12.6. The number of carboxylic acids is 1. The lowest BCUT2D eigenvalue weighted by Gasteiger charge is -2.20. The summed E-state index contributed by atoms with van der Waals surface area (Å²) in [6.45, 7) is -0.354. The topological polar surface area (TPSA) is 193 Å². The Hall–Kier alpha value is -3.14. The van der Waals surface area contributed by atoms with Gasteiger partial charge in [-0.3, -0.25) is 19.4 Å². The zero-order valence-electron chi connectivity index (χ0n) is 19.2. The molecule has 0 saturated heterocycles. The average molecular weight is 646 g/mol. The lowest BCUT2D eigenvalue weighted by atomic mass is 10.0. The SMILES string of the molecule is O=C(O)C[C@@H](NC(=O)CNC(=O)c1cccc(NC2=NCC(O)C(O)CN2)c1)c1cc(Cl)cc(I)c1O. The monoisotopic (exact) mass is 645 g/mol. The van der Waals surface area contributed by atoms with E-state index < -0.39 is 49.0 Å². The molecule has 37 heavy (non-hydrogen) atoms. The standard InChI is InChI=1S/C23H25ClIN5O7/c24-12-5-14(21(36)15(25)6-12)16(7-20(34)35)30-19(33)10-26-22(37)11-2-1-3-13(4-11)29-23-27-8-17(31)18(32)9-28-23/h1-6,16-18,31-32,36H,7-10H2,(H,26,37)(H,30,33)(H,34,35)(H2,27,28,29)/t16-,17?,18?/m1/s1. The van der Waals surface area contributed by atoms with Crippen LogP contribution in [0.15, 0.2) is 41.4 Å². The highest BCUT2D eigenvalue weighted by Crippen LogP contribution is 2.34. The van der Waals surface area contributed by atoms with Crippen molar-refractivity contribution in [1.29, 1.82) is 0 Å². The fraction of sp³-hybridized carbons (Fsp3) is 0.304. The van der Waals surface area contributed by atoms with Gasteiger partial charge >= 0.3 is 5.97 Å². The van der Waals surface area contributed by atoms with E-state index in [1.54, 1.807) is 12.1 Å². The second kappa shape index (κ2) is 12.9. The number of hydrogen-bond donors (Lipinski definition) is 8. The summed E-state index contributed by atoms with van der Waals surface area (Å²) >= 11 is 7.87. The van der Waals surface area contributed by atoms with Crippen molar-refractivity contribution in [2.24, 2.45) is 4.99 Å². The molecular weight excluding hydrogens is 621 g/mol. The fourth-order valence-electron chi connectivity index (χ4n) is 3.43. The second-order valence-corrected chi connectivity index (χ2v) is 9.74. The Balaban J connectivity index is 1.62. The van der Waals surface area contributed by atoms with Crippen LogP contribution in [0.5, 0.6) is 5.75 Å². The van der Waals surface area contributed by atoms with E-state index in [0.717, 1.165) is 0 Å². The first-order valence-electron chi connectivity index (χ1n) is 11.0. The number of carbonyl (C=O) groups excluding carboxylic acids is 2. The molecule has 2 amide bonds. The van der Waals surface area contributed by atoms with E-state index in [4.69, 9.17) is 11.6 Å². The van der Waals surface area contributed by atoms with Crippen molar-refractivity contribution < 1.29 is 34.8 Å². The highest BCUT2D eigenvalue weighted by molar-refractivity contribution is 14.1. The minimum Gasteiger partial charge on any atom is -0.506 e. The van der Waals surface area contributed by atoms with Gasteiger partial charge in [-0.1, -0.05) is 17.7 Å². The molecule has 1 aliphatic heterocycles. The first-order chi connectivity index (χ1) is 17.5. The van der Waals surface area contributed by atoms with Gasteiger partial charge in [0.25, 0.3) is 5.91 Å². The van der Waals surface area contributed by atoms with Gasteiger partial charge < -0.3 is 41.7 Å². The Morgan fingerprint density at radius 3 is 2.68 bits per heavy atom. The van der Waals surface area contributed by atoms with E-state index in [-0.39, 0.29) is 35.0 Å². The molecule has 0 bridgehead atoms. The second-order valence-electron chi connectivity index (χ2n) is 8.14. The third kappa shape index (κ3) is 8.18. The molecule has 12 nitrogen and oxygen atoms in total. The minimum atomic E-state index is -1.20. The van der Waals surface area contributed by atoms with Gasteiger partial charge in [-0.15, -0.1) is 0 Å². The van der Waals surface area contributed by atoms with Gasteiger partial charge in [0.2, 0.25) is 5.91 Å². The number of halogens is 2. The molecule has 14 heteroatoms. The zero-order valence-corrected chi connectivity index (χ0v) is 22.2. The molecule has 0 radical (unpaired) electrons. The number of β-amino-alcohol motifs (C(OH)–C–C–N with tert-alkyl or cyclic N) is 1. The van der Waals surface area contributed by atoms with Crippen molar-refractivity contribution in [2.45, 2.75) is 24.7 Å². The van der Waals surface area contributed by atoms with Crippen LogP contribution in [-0.4, -0.2) is 76.0 Å². The molecule has 0 spiro atoms. The van der Waals surface area contributed by atoms with Gasteiger partial charge in [-0.05, 0) is 52.9 Å². The number of rotatable bonds is 8. The van der Waals surface area contributed by atoms with Crippen LogP contribution in [0.3, 0.4) is 0 Å². The summed E-state index contributed by atoms with van der Waals surface area (Å²) in [6.07, 6.45) is -2.46. The molecular formula is C23H25ClIN5O7. The van der Waals surface area contributed by atoms with E-state index in [1.165, 1.54) is 24.3 Å². The van der Waals surface area contributed by atoms with Crippen LogP contribution >= 0.6 is 34.2 Å². The van der Waals surface area contributed by atoms with E-state index in [9.17, 15) is 34.8 Å². The predicted octanol–water partition coefficient (Wildman–Crippen LogP) is 0.805. The van der Waals surface area contributed by atoms with E-state index in [1.807, 2.05) is 22.6 Å². The number of aliphatic hydroxyl groups excluding tert-OH is 2. The summed E-state index contributed by atoms with van der Waals surface area (Å²) in [7, 11) is 0. The van der Waals surface area contributed by atoms with Crippen molar-refractivity contribution in [3.63, 3.8) is 0 Å². The van der Waals surface area contributed by atoms with Crippen LogP contribution in [0, 0.1) is 3.57 Å². The lowest BCUT2D eigenvalue weighted by molar-refractivity contribution is -0.137. The summed E-state index contributed by atoms with van der Waals surface area (Å²) in [5, 5.41) is 50.1. The molecule has 0 aliphatic carbocycles. The maximum absolute atomic E-state index is 12.6. The normalized spacial score (nSPS) is 18.0. The van der Waals surface area contributed by atoms with Crippen molar-refractivity contribution in [3.8, 4) is 5.75 Å². The molecule has 0 fully saturated rings. The zero-order chi connectivity index (χ0) is 27.1. The van der Waals surface area contributed by atoms with Gasteiger partial charge in [-0.25, -0.2) is 0 Å². The molecule has 1 heterocycles. The van der Waals surface area contributed by atoms with Gasteiger partial charge in [-0.2, -0.15) is 0 Å². The number of phenolic OH excluding ortho intramolecular Hbond substituents is 1. The highest BCUT2D eigenvalue weighted by atomic mass is 127. The Labute approximate surface area is 230 Å². The van der Waals surface area contributed by atoms with Crippen molar-refractivity contribution >= 4 is 63.6 Å². The van der Waals surface area contributed by atoms with Crippen LogP contribution in [0.25, 0.3) is 0 Å². The number of amides is 2. The number of carbonyl (C=O) groups is 3. The van der Waals surface area contributed by atoms with E-state index in [0.29, 0.717) is 15.2 Å². The van der Waals surface area contributed by atoms with Gasteiger partial charge in [0.05, 0.1) is 35.2 Å². The highest BCUT2D eigenvalue weighted by Gasteiger charge is 2.24. The number of nitrogens with zero attached hydrogens (tertiary/aromatic N) is 1. The Bertz CT molecular complexity index is 1210. The van der Waals surface area contributed by atoms with Gasteiger partial charge in [0.15, 0.2) is 5.96 Å². The number of anilines is 1. The summed E-state index contributed by atoms with van der Waals surface area (Å²) in [5.74, 6) is -2.31. The Kier molecular flexibility index (Phi) is 9.91. The number of aliphatic hydroxyl groups is 2. The number of hydrogen-bond acceptors (Lipinski definition) is 9. The van der Waals surface area contributed by atoms with Crippen LogP contribution in [0.4, 0.5) is 5.69 Å². The van der Waals surface area contributed by atoms with Crippen LogP contribution in [0.2, 0.25) is 5.02 Å². The summed E-state index contributed by atoms with van der Waals surface area (Å²) in [6, 6.07) is 8.15. The van der Waals surface area contributed by atoms with E-state index >= 15 is 0 Å². The van der Waals surface area contributed by atoms with Crippen LogP contribution in [-0.2, 0) is 9.59 Å². The smallest absolute Gasteiger partial charge is 0.305 e. The van der Waals surface area contributed by atoms with Crippen LogP contribution in [0.1, 0.15) is 28.4 Å². The molecule has 0 aromatic heterocycles. The van der Waals surface area contributed by atoms with Crippen molar-refractivity contribution in [3.05, 3.63) is 56.1 Å². The molecule has 3 atom stereocenters. The number of nitrogens with one attached hydrogen (secondary N) is 4. The molecule has 2 aromatic rings.